The van der Waals surface area contributed by atoms with Gasteiger partial charge in [0, 0.05) is 11.4 Å². The molecule has 3 heteroatoms. The van der Waals surface area contributed by atoms with Crippen molar-refractivity contribution in [2.45, 2.75) is 6.42 Å². The molecule has 2 aromatic carbocycles. The summed E-state index contributed by atoms with van der Waals surface area (Å²) < 4.78 is 0. The van der Waals surface area contributed by atoms with Crippen molar-refractivity contribution >= 4 is 17.3 Å². The minimum atomic E-state index is 0.0522. The fraction of sp³-hybridized carbons (Fsp3) is 0.0714. The van der Waals surface area contributed by atoms with Crippen molar-refractivity contribution in [2.24, 2.45) is 0 Å². The predicted octanol–water partition coefficient (Wildman–Crippen LogP) is 2.43. The lowest BCUT2D eigenvalue weighted by atomic mass is 9.97. The van der Waals surface area contributed by atoms with Gasteiger partial charge in [-0.25, -0.2) is 0 Å². The normalized spacial score (nSPS) is 13.3. The Kier molecular flexibility index (Phi) is 2.11. The molecule has 0 radical (unpaired) electrons. The summed E-state index contributed by atoms with van der Waals surface area (Å²) >= 11 is 0. The van der Waals surface area contributed by atoms with Crippen LogP contribution in [0.5, 0.6) is 0 Å². The number of amides is 1. The maximum Gasteiger partial charge on any atom is 0.228 e. The van der Waals surface area contributed by atoms with Gasteiger partial charge in [-0.2, -0.15) is 0 Å². The Morgan fingerprint density at radius 2 is 1.94 bits per heavy atom. The molecule has 3 rings (SSSR count). The summed E-state index contributed by atoms with van der Waals surface area (Å²) in [7, 11) is 0. The third-order valence-corrected chi connectivity index (χ3v) is 2.99. The lowest BCUT2D eigenvalue weighted by Gasteiger charge is -2.07. The molecule has 0 aliphatic carbocycles. The maximum atomic E-state index is 11.4. The minimum absolute atomic E-state index is 0.0522. The van der Waals surface area contributed by atoms with Crippen LogP contribution in [0.1, 0.15) is 5.56 Å². The molecule has 0 bridgehead atoms. The first kappa shape index (κ1) is 9.90. The van der Waals surface area contributed by atoms with Crippen LogP contribution in [0.4, 0.5) is 11.4 Å². The molecular weight excluding hydrogens is 212 g/mol. The van der Waals surface area contributed by atoms with E-state index >= 15 is 0 Å². The third-order valence-electron chi connectivity index (χ3n) is 2.99. The highest BCUT2D eigenvalue weighted by atomic mass is 16.1. The molecule has 1 amide bonds. The van der Waals surface area contributed by atoms with Gasteiger partial charge in [0.25, 0.3) is 0 Å². The van der Waals surface area contributed by atoms with Crippen LogP contribution in [0.25, 0.3) is 11.1 Å². The Morgan fingerprint density at radius 3 is 2.76 bits per heavy atom. The zero-order valence-electron chi connectivity index (χ0n) is 9.23. The number of carbonyl (C=O) groups is 1. The Hall–Kier alpha value is -2.29. The van der Waals surface area contributed by atoms with E-state index in [2.05, 4.69) is 5.32 Å². The summed E-state index contributed by atoms with van der Waals surface area (Å²) in [6.45, 7) is 0. The minimum Gasteiger partial charge on any atom is -0.399 e. The van der Waals surface area contributed by atoms with Crippen LogP contribution in [0.3, 0.4) is 0 Å². The molecule has 2 aromatic rings. The molecule has 0 fully saturated rings. The number of nitrogens with two attached hydrogens (primary N) is 1. The molecule has 17 heavy (non-hydrogen) atoms. The van der Waals surface area contributed by atoms with Crippen molar-refractivity contribution in [1.82, 2.24) is 0 Å². The topological polar surface area (TPSA) is 55.1 Å². The van der Waals surface area contributed by atoms with Gasteiger partial charge in [0.2, 0.25) is 5.91 Å². The summed E-state index contributed by atoms with van der Waals surface area (Å²) in [5.74, 6) is 0.0522. The Labute approximate surface area is 99.3 Å². The fourth-order valence-electron chi connectivity index (χ4n) is 2.23. The Morgan fingerprint density at radius 1 is 1.12 bits per heavy atom. The van der Waals surface area contributed by atoms with E-state index in [-0.39, 0.29) is 5.91 Å². The van der Waals surface area contributed by atoms with E-state index in [1.807, 2.05) is 42.5 Å². The molecule has 1 aliphatic heterocycles. The van der Waals surface area contributed by atoms with E-state index in [1.54, 1.807) is 0 Å². The molecule has 0 atom stereocenters. The van der Waals surface area contributed by atoms with Crippen molar-refractivity contribution in [3.63, 3.8) is 0 Å². The first-order valence-corrected chi connectivity index (χ1v) is 5.52. The molecule has 3 nitrogen and oxygen atoms in total. The standard InChI is InChI=1S/C14H12N2O/c15-10-4-1-3-9(7-10)11-5-2-6-13-12(11)8-14(17)16-13/h1-7H,8,15H2,(H,16,17). The number of nitrogens with one attached hydrogen (secondary N) is 1. The number of hydrogen-bond acceptors (Lipinski definition) is 2. The molecule has 0 saturated heterocycles. The summed E-state index contributed by atoms with van der Waals surface area (Å²) in [4.78, 5) is 11.4. The number of rotatable bonds is 1. The molecule has 0 saturated carbocycles. The van der Waals surface area contributed by atoms with E-state index in [0.29, 0.717) is 6.42 Å². The average molecular weight is 224 g/mol. The van der Waals surface area contributed by atoms with Crippen LogP contribution in [-0.4, -0.2) is 5.91 Å². The summed E-state index contributed by atoms with van der Waals surface area (Å²) in [5.41, 5.74) is 10.6. The van der Waals surface area contributed by atoms with Crippen LogP contribution in [0.15, 0.2) is 42.5 Å². The Bertz CT molecular complexity index is 605. The summed E-state index contributed by atoms with van der Waals surface area (Å²) in [6, 6.07) is 13.6. The number of fused-ring (bicyclic) bond motifs is 1. The van der Waals surface area contributed by atoms with E-state index < -0.39 is 0 Å². The SMILES string of the molecule is Nc1cccc(-c2cccc3c2CC(=O)N3)c1. The zero-order chi connectivity index (χ0) is 11.8. The van der Waals surface area contributed by atoms with Crippen LogP contribution in [-0.2, 0) is 11.2 Å². The monoisotopic (exact) mass is 224 g/mol. The lowest BCUT2D eigenvalue weighted by molar-refractivity contribution is -0.115. The second kappa shape index (κ2) is 3.63. The van der Waals surface area contributed by atoms with Gasteiger partial charge in [-0.15, -0.1) is 0 Å². The van der Waals surface area contributed by atoms with Gasteiger partial charge in [0.15, 0.2) is 0 Å². The first-order chi connectivity index (χ1) is 8.24. The molecule has 1 heterocycles. The van der Waals surface area contributed by atoms with Gasteiger partial charge in [-0.1, -0.05) is 24.3 Å². The van der Waals surface area contributed by atoms with E-state index in [1.165, 1.54) is 0 Å². The number of benzene rings is 2. The van der Waals surface area contributed by atoms with Crippen LogP contribution >= 0.6 is 0 Å². The highest BCUT2D eigenvalue weighted by Crippen LogP contribution is 2.33. The van der Waals surface area contributed by atoms with Gasteiger partial charge in [0.1, 0.15) is 0 Å². The van der Waals surface area contributed by atoms with E-state index in [0.717, 1.165) is 28.1 Å². The molecule has 0 aromatic heterocycles. The van der Waals surface area contributed by atoms with Gasteiger partial charge >= 0.3 is 0 Å². The molecule has 0 unspecified atom stereocenters. The summed E-state index contributed by atoms with van der Waals surface area (Å²) in [6.07, 6.45) is 0.445. The zero-order valence-corrected chi connectivity index (χ0v) is 9.23. The van der Waals surface area contributed by atoms with Crippen molar-refractivity contribution < 1.29 is 4.79 Å². The summed E-state index contributed by atoms with van der Waals surface area (Å²) in [5, 5.41) is 2.85. The van der Waals surface area contributed by atoms with Gasteiger partial charge in [-0.3, -0.25) is 4.79 Å². The first-order valence-electron chi connectivity index (χ1n) is 5.52. The fourth-order valence-corrected chi connectivity index (χ4v) is 2.23. The highest BCUT2D eigenvalue weighted by molar-refractivity contribution is 6.01. The molecular formula is C14H12N2O. The van der Waals surface area contributed by atoms with Gasteiger partial charge < -0.3 is 11.1 Å². The number of anilines is 2. The third kappa shape index (κ3) is 1.65. The van der Waals surface area contributed by atoms with Crippen molar-refractivity contribution in [1.29, 1.82) is 0 Å². The molecule has 0 spiro atoms. The van der Waals surface area contributed by atoms with Crippen molar-refractivity contribution in [3.8, 4) is 11.1 Å². The number of hydrogen-bond donors (Lipinski definition) is 2. The average Bonchev–Trinajstić information content (AvgIpc) is 2.68. The van der Waals surface area contributed by atoms with Crippen LogP contribution in [0.2, 0.25) is 0 Å². The quantitative estimate of drug-likeness (QED) is 0.731. The van der Waals surface area contributed by atoms with Crippen molar-refractivity contribution in [3.05, 3.63) is 48.0 Å². The number of carbonyl (C=O) groups excluding carboxylic acids is 1. The predicted molar refractivity (Wildman–Crippen MR) is 68.6 cm³/mol. The van der Waals surface area contributed by atoms with Crippen molar-refractivity contribution in [2.75, 3.05) is 11.1 Å². The largest absolute Gasteiger partial charge is 0.399 e. The highest BCUT2D eigenvalue weighted by Gasteiger charge is 2.20. The molecule has 84 valence electrons. The smallest absolute Gasteiger partial charge is 0.228 e. The second-order valence-corrected chi connectivity index (χ2v) is 4.18. The second-order valence-electron chi connectivity index (χ2n) is 4.18. The maximum absolute atomic E-state index is 11.4. The van der Waals surface area contributed by atoms with E-state index in [9.17, 15) is 4.79 Å². The van der Waals surface area contributed by atoms with Gasteiger partial charge in [-0.05, 0) is 34.9 Å². The number of nitrogen functional groups attached to an aromatic ring is 1. The van der Waals surface area contributed by atoms with Crippen LogP contribution < -0.4 is 11.1 Å². The Balaban J connectivity index is 2.17. The van der Waals surface area contributed by atoms with E-state index in [4.69, 9.17) is 5.73 Å². The lowest BCUT2D eigenvalue weighted by Crippen LogP contribution is -2.03. The van der Waals surface area contributed by atoms with Gasteiger partial charge in [0.05, 0.1) is 6.42 Å². The molecule has 3 N–H and O–H groups in total. The van der Waals surface area contributed by atoms with Crippen LogP contribution in [0, 0.1) is 0 Å². The molecule has 1 aliphatic rings.